The number of aromatic hydroxyl groups is 1. The van der Waals surface area contributed by atoms with E-state index in [0.717, 1.165) is 22.2 Å². The van der Waals surface area contributed by atoms with Gasteiger partial charge in [-0.3, -0.25) is 4.99 Å². The monoisotopic (exact) mass is 303 g/mol. The van der Waals surface area contributed by atoms with Crippen molar-refractivity contribution in [2.24, 2.45) is 4.99 Å². The van der Waals surface area contributed by atoms with E-state index in [1.54, 1.807) is 6.21 Å². The second kappa shape index (κ2) is 5.88. The Labute approximate surface area is 137 Å². The standard InChI is InChI=1S/C21H21NO/c1-21(2,3)19-10-6-9-17(20(19)23)14-22-18-12-11-15-7-4-5-8-16(15)13-18/h4-14,23H,1-3H3. The Bertz CT molecular complexity index is 872. The van der Waals surface area contributed by atoms with Crippen molar-refractivity contribution in [3.8, 4) is 5.75 Å². The summed E-state index contributed by atoms with van der Waals surface area (Å²) in [7, 11) is 0. The van der Waals surface area contributed by atoms with E-state index in [2.05, 4.69) is 50.0 Å². The first-order valence-corrected chi connectivity index (χ1v) is 7.80. The van der Waals surface area contributed by atoms with Crippen LogP contribution in [-0.2, 0) is 5.41 Å². The number of phenols is 1. The summed E-state index contributed by atoms with van der Waals surface area (Å²) in [6.45, 7) is 6.27. The lowest BCUT2D eigenvalue weighted by Crippen LogP contribution is -2.11. The lowest BCUT2D eigenvalue weighted by Gasteiger charge is -2.21. The molecule has 0 saturated heterocycles. The van der Waals surface area contributed by atoms with Crippen molar-refractivity contribution in [2.75, 3.05) is 0 Å². The number of hydrogen-bond acceptors (Lipinski definition) is 2. The molecule has 3 aromatic rings. The smallest absolute Gasteiger partial charge is 0.128 e. The minimum absolute atomic E-state index is 0.100. The zero-order valence-corrected chi connectivity index (χ0v) is 13.7. The predicted molar refractivity (Wildman–Crippen MR) is 98.0 cm³/mol. The van der Waals surface area contributed by atoms with Crippen molar-refractivity contribution in [1.29, 1.82) is 0 Å². The Hall–Kier alpha value is -2.61. The normalized spacial score (nSPS) is 12.1. The average Bonchev–Trinajstić information content (AvgIpc) is 2.52. The molecule has 0 heterocycles. The van der Waals surface area contributed by atoms with Crippen molar-refractivity contribution in [3.05, 3.63) is 71.8 Å². The van der Waals surface area contributed by atoms with Crippen LogP contribution >= 0.6 is 0 Å². The number of nitrogens with zero attached hydrogens (tertiary/aromatic N) is 1. The molecule has 0 aliphatic carbocycles. The quantitative estimate of drug-likeness (QED) is 0.615. The summed E-state index contributed by atoms with van der Waals surface area (Å²) in [6.07, 6.45) is 1.73. The largest absolute Gasteiger partial charge is 0.507 e. The van der Waals surface area contributed by atoms with Gasteiger partial charge in [0.05, 0.1) is 5.69 Å². The van der Waals surface area contributed by atoms with Crippen LogP contribution in [0.3, 0.4) is 0 Å². The molecule has 1 N–H and O–H groups in total. The van der Waals surface area contributed by atoms with Gasteiger partial charge in [0.2, 0.25) is 0 Å². The van der Waals surface area contributed by atoms with Gasteiger partial charge in [0.1, 0.15) is 5.75 Å². The second-order valence-electron chi connectivity index (χ2n) is 6.78. The van der Waals surface area contributed by atoms with Crippen LogP contribution in [0.1, 0.15) is 31.9 Å². The fraction of sp³-hybridized carbons (Fsp3) is 0.190. The molecule has 0 spiro atoms. The third kappa shape index (κ3) is 3.26. The van der Waals surface area contributed by atoms with Crippen LogP contribution in [0, 0.1) is 0 Å². The highest BCUT2D eigenvalue weighted by atomic mass is 16.3. The van der Waals surface area contributed by atoms with Crippen LogP contribution in [-0.4, -0.2) is 11.3 Å². The number of para-hydroxylation sites is 1. The first-order chi connectivity index (χ1) is 10.9. The van der Waals surface area contributed by atoms with Gasteiger partial charge < -0.3 is 5.11 Å². The third-order valence-electron chi connectivity index (χ3n) is 3.96. The third-order valence-corrected chi connectivity index (χ3v) is 3.96. The van der Waals surface area contributed by atoms with Crippen LogP contribution < -0.4 is 0 Å². The molecule has 23 heavy (non-hydrogen) atoms. The maximum atomic E-state index is 10.5. The van der Waals surface area contributed by atoms with Crippen molar-refractivity contribution < 1.29 is 5.11 Å². The van der Waals surface area contributed by atoms with E-state index in [9.17, 15) is 5.11 Å². The lowest BCUT2D eigenvalue weighted by atomic mass is 9.85. The van der Waals surface area contributed by atoms with Crippen LogP contribution in [0.5, 0.6) is 5.75 Å². The Morgan fingerprint density at radius 1 is 0.870 bits per heavy atom. The summed E-state index contributed by atoms with van der Waals surface area (Å²) < 4.78 is 0. The zero-order valence-electron chi connectivity index (χ0n) is 13.7. The molecule has 0 fully saturated rings. The molecular weight excluding hydrogens is 282 g/mol. The summed E-state index contributed by atoms with van der Waals surface area (Å²) in [5, 5.41) is 12.8. The van der Waals surface area contributed by atoms with E-state index in [0.29, 0.717) is 5.75 Å². The second-order valence-corrected chi connectivity index (χ2v) is 6.78. The van der Waals surface area contributed by atoms with Crippen LogP contribution in [0.4, 0.5) is 5.69 Å². The molecule has 2 nitrogen and oxygen atoms in total. The van der Waals surface area contributed by atoms with E-state index >= 15 is 0 Å². The topological polar surface area (TPSA) is 32.6 Å². The van der Waals surface area contributed by atoms with Gasteiger partial charge in [-0.25, -0.2) is 0 Å². The molecule has 3 rings (SSSR count). The first kappa shape index (κ1) is 15.3. The Kier molecular flexibility index (Phi) is 3.91. The molecule has 0 amide bonds. The fourth-order valence-corrected chi connectivity index (χ4v) is 2.67. The summed E-state index contributed by atoms with van der Waals surface area (Å²) in [5.74, 6) is 0.310. The molecule has 3 aromatic carbocycles. The Morgan fingerprint density at radius 3 is 2.35 bits per heavy atom. The first-order valence-electron chi connectivity index (χ1n) is 7.80. The molecule has 0 bridgehead atoms. The minimum Gasteiger partial charge on any atom is -0.507 e. The number of fused-ring (bicyclic) bond motifs is 1. The van der Waals surface area contributed by atoms with E-state index in [1.807, 2.05) is 36.4 Å². The SMILES string of the molecule is CC(C)(C)c1cccc(C=Nc2ccc3ccccc3c2)c1O. The Morgan fingerprint density at radius 2 is 1.61 bits per heavy atom. The van der Waals surface area contributed by atoms with Crippen LogP contribution in [0.15, 0.2) is 65.7 Å². The summed E-state index contributed by atoms with van der Waals surface area (Å²) in [6, 6.07) is 20.1. The van der Waals surface area contributed by atoms with Gasteiger partial charge in [-0.15, -0.1) is 0 Å². The molecular formula is C21H21NO. The molecule has 116 valence electrons. The van der Waals surface area contributed by atoms with Crippen molar-refractivity contribution in [1.82, 2.24) is 0 Å². The molecule has 0 aliphatic heterocycles. The fourth-order valence-electron chi connectivity index (χ4n) is 2.67. The minimum atomic E-state index is -0.100. The van der Waals surface area contributed by atoms with E-state index in [4.69, 9.17) is 0 Å². The zero-order chi connectivity index (χ0) is 16.4. The Balaban J connectivity index is 1.96. The average molecular weight is 303 g/mol. The van der Waals surface area contributed by atoms with Gasteiger partial charge in [0.25, 0.3) is 0 Å². The van der Waals surface area contributed by atoms with Gasteiger partial charge in [0.15, 0.2) is 0 Å². The summed E-state index contributed by atoms with van der Waals surface area (Å²) >= 11 is 0. The molecule has 0 saturated carbocycles. The number of benzene rings is 3. The highest BCUT2D eigenvalue weighted by Crippen LogP contribution is 2.32. The molecule has 2 heteroatoms. The lowest BCUT2D eigenvalue weighted by molar-refractivity contribution is 0.446. The van der Waals surface area contributed by atoms with Gasteiger partial charge in [-0.2, -0.15) is 0 Å². The van der Waals surface area contributed by atoms with Gasteiger partial charge in [-0.1, -0.05) is 63.2 Å². The van der Waals surface area contributed by atoms with E-state index < -0.39 is 0 Å². The van der Waals surface area contributed by atoms with Crippen LogP contribution in [0.25, 0.3) is 10.8 Å². The molecule has 0 aliphatic rings. The van der Waals surface area contributed by atoms with Gasteiger partial charge in [0, 0.05) is 11.8 Å². The molecule has 0 unspecified atom stereocenters. The van der Waals surface area contributed by atoms with Crippen LogP contribution in [0.2, 0.25) is 0 Å². The van der Waals surface area contributed by atoms with Gasteiger partial charge >= 0.3 is 0 Å². The highest BCUT2D eigenvalue weighted by Gasteiger charge is 2.19. The maximum absolute atomic E-state index is 10.5. The number of rotatable bonds is 2. The van der Waals surface area contributed by atoms with Crippen molar-refractivity contribution >= 4 is 22.7 Å². The molecule has 0 radical (unpaired) electrons. The molecule has 0 atom stereocenters. The number of aliphatic imine (C=N–C) groups is 1. The molecule has 0 aromatic heterocycles. The number of phenolic OH excluding ortho intramolecular Hbond substituents is 1. The number of hydrogen-bond donors (Lipinski definition) is 1. The van der Waals surface area contributed by atoms with Crippen molar-refractivity contribution in [3.63, 3.8) is 0 Å². The summed E-state index contributed by atoms with van der Waals surface area (Å²) in [5.41, 5.74) is 2.45. The predicted octanol–water partition coefficient (Wildman–Crippen LogP) is 5.59. The van der Waals surface area contributed by atoms with Gasteiger partial charge in [-0.05, 0) is 39.9 Å². The maximum Gasteiger partial charge on any atom is 0.128 e. The highest BCUT2D eigenvalue weighted by molar-refractivity contribution is 5.89. The van der Waals surface area contributed by atoms with Crippen molar-refractivity contribution in [2.45, 2.75) is 26.2 Å². The van der Waals surface area contributed by atoms with E-state index in [1.165, 1.54) is 5.39 Å². The summed E-state index contributed by atoms with van der Waals surface area (Å²) in [4.78, 5) is 4.53. The van der Waals surface area contributed by atoms with E-state index in [-0.39, 0.29) is 5.41 Å².